The maximum absolute atomic E-state index is 2.29. The molecule has 0 saturated heterocycles. The molecule has 76 valence electrons. The topological polar surface area (TPSA) is 0 Å². The second-order valence-electron chi connectivity index (χ2n) is 2.98. The van der Waals surface area contributed by atoms with Crippen LogP contribution in [-0.2, 0) is 0 Å². The predicted molar refractivity (Wildman–Crippen MR) is 48.8 cm³/mol. The summed E-state index contributed by atoms with van der Waals surface area (Å²) < 4.78 is 3.16. The Morgan fingerprint density at radius 1 is 0.750 bits per heavy atom. The fourth-order valence-electron chi connectivity index (χ4n) is 0.972. The molecule has 0 aromatic rings. The lowest BCUT2D eigenvalue weighted by Crippen LogP contribution is -3.63. The first-order valence-electron chi connectivity index (χ1n) is 4.95. The van der Waals surface area contributed by atoms with Crippen molar-refractivity contribution >= 4 is 0 Å². The molecular formula is C10H22I2. The monoisotopic (exact) mass is 396 g/mol. The van der Waals surface area contributed by atoms with Crippen LogP contribution in [-0.4, -0.2) is 8.86 Å². The number of alkyl halides is 2. The molecule has 0 rings (SSSR count). The highest BCUT2D eigenvalue weighted by Crippen LogP contribution is 1.89. The van der Waals surface area contributed by atoms with Gasteiger partial charge in [0.25, 0.3) is 21.2 Å². The average Bonchev–Trinajstić information content (AvgIpc) is 2.03. The van der Waals surface area contributed by atoms with Crippen molar-refractivity contribution in [1.82, 2.24) is 0 Å². The van der Waals surface area contributed by atoms with Gasteiger partial charge in [-0.05, 0) is 25.7 Å². The van der Waals surface area contributed by atoms with Crippen LogP contribution in [0.25, 0.3) is 0 Å². The Kier molecular flexibility index (Phi) is 19.8. The second kappa shape index (κ2) is 15.0. The maximum Gasteiger partial charge on any atom is 0.268 e. The second-order valence-corrected chi connectivity index (χ2v) is 6.22. The molecule has 0 radical (unpaired) electrons. The molecule has 0 saturated carbocycles. The quantitative estimate of drug-likeness (QED) is 0.241. The van der Waals surface area contributed by atoms with Gasteiger partial charge < -0.3 is 24.0 Å². The Hall–Kier alpha value is 1.46. The summed E-state index contributed by atoms with van der Waals surface area (Å²) in [7, 11) is 0. The summed E-state index contributed by atoms with van der Waals surface area (Å²) >= 11 is 0.600. The summed E-state index contributed by atoms with van der Waals surface area (Å²) in [6.07, 6.45) is 8.73. The normalized spacial score (nSPS) is 9.50. The molecular weight excluding hydrogens is 374 g/mol. The Bertz CT molecular complexity index is 56.9. The minimum absolute atomic E-state index is 0. The van der Waals surface area contributed by atoms with E-state index in [0.29, 0.717) is 21.2 Å². The third-order valence-electron chi connectivity index (χ3n) is 1.74. The standard InChI is InChI=1S/C10H22I.HI/c1-3-5-7-9-11-10-8-6-4-2;/h3-10H2,1-2H3;1H/q+1;/p-1. The zero-order valence-corrected chi connectivity index (χ0v) is 12.7. The number of unbranched alkanes of at least 4 members (excludes halogenated alkanes) is 4. The van der Waals surface area contributed by atoms with Crippen LogP contribution < -0.4 is 45.2 Å². The summed E-state index contributed by atoms with van der Waals surface area (Å²) in [4.78, 5) is 0. The van der Waals surface area contributed by atoms with Crippen molar-refractivity contribution in [2.75, 3.05) is 8.86 Å². The first kappa shape index (κ1) is 15.9. The number of hydrogen-bond donors (Lipinski definition) is 0. The van der Waals surface area contributed by atoms with Gasteiger partial charge in [-0.15, -0.1) is 0 Å². The van der Waals surface area contributed by atoms with Gasteiger partial charge in [-0.2, -0.15) is 0 Å². The summed E-state index contributed by atoms with van der Waals surface area (Å²) in [5.41, 5.74) is 0. The third kappa shape index (κ3) is 14.0. The number of rotatable bonds is 8. The average molecular weight is 396 g/mol. The van der Waals surface area contributed by atoms with E-state index in [0.717, 1.165) is 0 Å². The Labute approximate surface area is 106 Å². The minimum Gasteiger partial charge on any atom is -1.00 e. The maximum atomic E-state index is 2.29. The van der Waals surface area contributed by atoms with Crippen LogP contribution in [0.4, 0.5) is 0 Å². The van der Waals surface area contributed by atoms with E-state index >= 15 is 0 Å². The van der Waals surface area contributed by atoms with Crippen molar-refractivity contribution in [3.8, 4) is 0 Å². The zero-order valence-electron chi connectivity index (χ0n) is 8.41. The molecule has 0 aromatic carbocycles. The number of hydrogen-bond acceptors (Lipinski definition) is 0. The smallest absolute Gasteiger partial charge is 0.268 e. The van der Waals surface area contributed by atoms with E-state index in [4.69, 9.17) is 0 Å². The van der Waals surface area contributed by atoms with Gasteiger partial charge in [-0.25, -0.2) is 0 Å². The summed E-state index contributed by atoms with van der Waals surface area (Å²) in [6, 6.07) is 0. The SMILES string of the molecule is CCCCC[I+]CCCCC.[I-]. The van der Waals surface area contributed by atoms with Gasteiger partial charge in [0.2, 0.25) is 0 Å². The third-order valence-corrected chi connectivity index (χ3v) is 4.79. The van der Waals surface area contributed by atoms with Gasteiger partial charge in [0.05, 0.1) is 0 Å². The van der Waals surface area contributed by atoms with Crippen molar-refractivity contribution < 1.29 is 45.2 Å². The van der Waals surface area contributed by atoms with Gasteiger partial charge in [0.1, 0.15) is 8.86 Å². The van der Waals surface area contributed by atoms with Crippen molar-refractivity contribution in [2.45, 2.75) is 52.4 Å². The summed E-state index contributed by atoms with van der Waals surface area (Å²) in [5, 5.41) is 0. The van der Waals surface area contributed by atoms with Crippen LogP contribution in [0.5, 0.6) is 0 Å². The molecule has 0 amide bonds. The van der Waals surface area contributed by atoms with E-state index in [2.05, 4.69) is 13.8 Å². The van der Waals surface area contributed by atoms with Crippen molar-refractivity contribution in [3.05, 3.63) is 0 Å². The van der Waals surface area contributed by atoms with E-state index in [1.807, 2.05) is 0 Å². The van der Waals surface area contributed by atoms with E-state index in [9.17, 15) is 0 Å². The molecule has 0 unspecified atom stereocenters. The molecule has 0 fully saturated rings. The molecule has 0 atom stereocenters. The Morgan fingerprint density at radius 2 is 1.17 bits per heavy atom. The first-order chi connectivity index (χ1) is 5.41. The highest BCUT2D eigenvalue weighted by Gasteiger charge is 2.03. The van der Waals surface area contributed by atoms with Crippen LogP contribution in [0.1, 0.15) is 52.4 Å². The summed E-state index contributed by atoms with van der Waals surface area (Å²) in [5.74, 6) is 0. The van der Waals surface area contributed by atoms with E-state index in [1.54, 1.807) is 8.86 Å². The molecule has 0 aromatic heterocycles. The predicted octanol–water partition coefficient (Wildman–Crippen LogP) is -2.54. The molecule has 0 aliphatic rings. The van der Waals surface area contributed by atoms with Crippen LogP contribution in [0.15, 0.2) is 0 Å². The zero-order chi connectivity index (χ0) is 8.36. The summed E-state index contributed by atoms with van der Waals surface area (Å²) in [6.45, 7) is 4.57. The van der Waals surface area contributed by atoms with Gasteiger partial charge >= 0.3 is 0 Å². The lowest BCUT2D eigenvalue weighted by molar-refractivity contribution is -0.655. The lowest BCUT2D eigenvalue weighted by atomic mass is 10.3. The van der Waals surface area contributed by atoms with Crippen LogP contribution in [0.3, 0.4) is 0 Å². The van der Waals surface area contributed by atoms with Gasteiger partial charge in [-0.3, -0.25) is 0 Å². The Morgan fingerprint density at radius 3 is 1.50 bits per heavy atom. The highest BCUT2D eigenvalue weighted by atomic mass is 127. The van der Waals surface area contributed by atoms with Crippen LogP contribution in [0.2, 0.25) is 0 Å². The molecule has 0 aliphatic heterocycles. The molecule has 0 bridgehead atoms. The molecule has 0 spiro atoms. The Balaban J connectivity index is 0. The lowest BCUT2D eigenvalue weighted by Gasteiger charge is -1.88. The van der Waals surface area contributed by atoms with E-state index < -0.39 is 0 Å². The number of halogens is 2. The van der Waals surface area contributed by atoms with Crippen LogP contribution in [0, 0.1) is 0 Å². The minimum atomic E-state index is 0. The van der Waals surface area contributed by atoms with Gasteiger partial charge in [0.15, 0.2) is 0 Å². The molecule has 2 heteroatoms. The van der Waals surface area contributed by atoms with Crippen molar-refractivity contribution in [3.63, 3.8) is 0 Å². The highest BCUT2D eigenvalue weighted by molar-refractivity contribution is 4.34. The van der Waals surface area contributed by atoms with E-state index in [1.165, 1.54) is 38.5 Å². The van der Waals surface area contributed by atoms with E-state index in [-0.39, 0.29) is 24.0 Å². The molecule has 0 N–H and O–H groups in total. The first-order valence-corrected chi connectivity index (χ1v) is 8.00. The molecule has 0 nitrogen and oxygen atoms in total. The van der Waals surface area contributed by atoms with Crippen molar-refractivity contribution in [1.29, 1.82) is 0 Å². The fourth-order valence-corrected chi connectivity index (χ4v) is 3.67. The van der Waals surface area contributed by atoms with Crippen molar-refractivity contribution in [2.24, 2.45) is 0 Å². The molecule has 0 heterocycles. The van der Waals surface area contributed by atoms with Gasteiger partial charge in [0, 0.05) is 0 Å². The van der Waals surface area contributed by atoms with Gasteiger partial charge in [-0.1, -0.05) is 26.7 Å². The fraction of sp³-hybridized carbons (Fsp3) is 1.00. The van der Waals surface area contributed by atoms with Crippen LogP contribution >= 0.6 is 0 Å². The molecule has 0 aliphatic carbocycles. The largest absolute Gasteiger partial charge is 1.00 e. The molecule has 12 heavy (non-hydrogen) atoms.